The highest BCUT2D eigenvalue weighted by Gasteiger charge is 2.31. The summed E-state index contributed by atoms with van der Waals surface area (Å²) in [6.07, 6.45) is 10.3. The van der Waals surface area contributed by atoms with Crippen molar-refractivity contribution in [3.05, 3.63) is 70.8 Å². The zero-order valence-corrected chi connectivity index (χ0v) is 24.1. The Morgan fingerprint density at radius 1 is 0.875 bits per heavy atom. The number of phenolic OH excluding ortho intramolecular Hbond substituents is 1. The number of hydrogen-bond acceptors (Lipinski definition) is 7. The van der Waals surface area contributed by atoms with E-state index in [4.69, 9.17) is 9.47 Å². The molecule has 2 aromatic carbocycles. The van der Waals surface area contributed by atoms with E-state index >= 15 is 0 Å². The number of anilines is 3. The van der Waals surface area contributed by atoms with Crippen LogP contribution in [0.2, 0.25) is 0 Å². The number of amides is 1. The van der Waals surface area contributed by atoms with Crippen LogP contribution in [0.1, 0.15) is 77.6 Å². The largest absolute Gasteiger partial charge is 0.506 e. The van der Waals surface area contributed by atoms with Crippen molar-refractivity contribution in [1.82, 2.24) is 0 Å². The summed E-state index contributed by atoms with van der Waals surface area (Å²) in [5.74, 6) is -1.44. The van der Waals surface area contributed by atoms with E-state index in [-0.39, 0.29) is 46.6 Å². The van der Waals surface area contributed by atoms with Crippen molar-refractivity contribution in [2.45, 2.75) is 67.2 Å². The molecule has 0 fully saturated rings. The van der Waals surface area contributed by atoms with Crippen LogP contribution in [0.15, 0.2) is 65.3 Å². The zero-order chi connectivity index (χ0) is 29.4. The molecule has 0 radical (unpaired) electrons. The van der Waals surface area contributed by atoms with E-state index in [9.17, 15) is 19.5 Å². The van der Waals surface area contributed by atoms with Crippen molar-refractivity contribution in [2.75, 3.05) is 16.8 Å². The van der Waals surface area contributed by atoms with Gasteiger partial charge in [-0.1, -0.05) is 41.0 Å². The Kier molecular flexibility index (Phi) is 10.3. The van der Waals surface area contributed by atoms with Gasteiger partial charge in [0, 0.05) is 32.5 Å². The summed E-state index contributed by atoms with van der Waals surface area (Å²) in [4.78, 5) is 38.7. The van der Waals surface area contributed by atoms with Gasteiger partial charge in [-0.15, -0.1) is 0 Å². The Balaban J connectivity index is 1.93. The minimum atomic E-state index is -0.556. The van der Waals surface area contributed by atoms with Crippen molar-refractivity contribution in [3.63, 3.8) is 0 Å². The number of ether oxygens (including phenoxy) is 2. The number of benzene rings is 2. The van der Waals surface area contributed by atoms with Crippen LogP contribution < -0.4 is 19.7 Å². The van der Waals surface area contributed by atoms with Gasteiger partial charge in [0.05, 0.1) is 16.9 Å². The van der Waals surface area contributed by atoms with Crippen LogP contribution in [0.3, 0.4) is 0 Å². The van der Waals surface area contributed by atoms with Gasteiger partial charge >= 0.3 is 11.9 Å². The summed E-state index contributed by atoms with van der Waals surface area (Å²) >= 11 is 0. The van der Waals surface area contributed by atoms with Crippen LogP contribution in [0.25, 0.3) is 0 Å². The normalized spacial score (nSPS) is 13.1. The van der Waals surface area contributed by atoms with Gasteiger partial charge in [0.15, 0.2) is 5.75 Å². The van der Waals surface area contributed by atoms with Crippen LogP contribution in [-0.2, 0) is 9.59 Å². The first-order valence-corrected chi connectivity index (χ1v) is 13.4. The lowest BCUT2D eigenvalue weighted by Crippen LogP contribution is -2.30. The molecule has 0 spiro atoms. The average molecular weight is 547 g/mol. The molecule has 8 nitrogen and oxygen atoms in total. The third-order valence-corrected chi connectivity index (χ3v) is 6.37. The van der Waals surface area contributed by atoms with Crippen molar-refractivity contribution < 1.29 is 29.0 Å². The molecular weight excluding hydrogens is 508 g/mol. The van der Waals surface area contributed by atoms with Gasteiger partial charge in [-0.05, 0) is 65.5 Å². The number of esters is 2. The molecule has 1 aliphatic rings. The first kappa shape index (κ1) is 30.2. The summed E-state index contributed by atoms with van der Waals surface area (Å²) < 4.78 is 10.6. The molecule has 212 valence electrons. The molecule has 0 unspecified atom stereocenters. The molecule has 2 aromatic rings. The summed E-state index contributed by atoms with van der Waals surface area (Å²) in [6.45, 7) is 11.1. The molecule has 40 heavy (non-hydrogen) atoms. The quantitative estimate of drug-likeness (QED) is 0.139. The van der Waals surface area contributed by atoms with E-state index in [1.54, 1.807) is 18.2 Å². The van der Waals surface area contributed by atoms with E-state index in [0.717, 1.165) is 31.3 Å². The minimum Gasteiger partial charge on any atom is -0.506 e. The fraction of sp³-hybridized carbons (Fsp3) is 0.344. The minimum absolute atomic E-state index is 0.101. The van der Waals surface area contributed by atoms with Gasteiger partial charge in [-0.25, -0.2) is 0 Å². The van der Waals surface area contributed by atoms with Crippen LogP contribution in [0.4, 0.5) is 17.1 Å². The van der Waals surface area contributed by atoms with Gasteiger partial charge < -0.3 is 24.8 Å². The zero-order valence-electron chi connectivity index (χ0n) is 24.1. The second-order valence-corrected chi connectivity index (χ2v) is 10.2. The second kappa shape index (κ2) is 13.6. The lowest BCUT2D eigenvalue weighted by molar-refractivity contribution is -0.132. The number of nitrogens with one attached hydrogen (secondary N) is 1. The molecule has 3 rings (SSSR count). The van der Waals surface area contributed by atoms with E-state index in [1.807, 2.05) is 13.0 Å². The Labute approximate surface area is 236 Å². The van der Waals surface area contributed by atoms with E-state index < -0.39 is 11.9 Å². The number of nitrogens with zero attached hydrogens (tertiary/aromatic N) is 1. The van der Waals surface area contributed by atoms with Crippen LogP contribution in [-0.4, -0.2) is 29.5 Å². The lowest BCUT2D eigenvalue weighted by Gasteiger charge is -2.23. The monoisotopic (exact) mass is 546 g/mol. The van der Waals surface area contributed by atoms with Crippen molar-refractivity contribution in [3.8, 4) is 17.2 Å². The molecule has 0 atom stereocenters. The second-order valence-electron chi connectivity index (χ2n) is 10.2. The molecule has 0 saturated carbocycles. The summed E-state index contributed by atoms with van der Waals surface area (Å²) in [5, 5.41) is 14.0. The van der Waals surface area contributed by atoms with Crippen LogP contribution in [0.5, 0.6) is 17.2 Å². The number of rotatable bonds is 10. The SMILES string of the molecule is CC(=O)Oc1cc(O)c2c(c1)N(C/C=C(\C)CC/C=C(\C)CCC=C(C)C)C(=O)c1cccc(OC(C)=O)c1N2. The number of aromatic hydroxyl groups is 1. The highest BCUT2D eigenvalue weighted by Crippen LogP contribution is 2.46. The van der Waals surface area contributed by atoms with Gasteiger partial charge in [-0.3, -0.25) is 14.4 Å². The standard InChI is InChI=1S/C32H38N2O6/c1-20(2)10-7-11-21(3)12-8-13-22(4)16-17-34-27-18-25(39-23(5)35)19-28(37)31(27)33-30-26(32(34)38)14-9-15-29(30)40-24(6)36/h9-10,12,14-16,18-19,33,37H,7-8,11,13,17H2,1-6H3/b21-12+,22-16+. The Morgan fingerprint density at radius 3 is 2.17 bits per heavy atom. The smallest absolute Gasteiger partial charge is 0.308 e. The predicted octanol–water partition coefficient (Wildman–Crippen LogP) is 7.37. The fourth-order valence-corrected chi connectivity index (χ4v) is 4.38. The molecule has 1 heterocycles. The highest BCUT2D eigenvalue weighted by molar-refractivity contribution is 6.15. The van der Waals surface area contributed by atoms with Gasteiger partial charge in [0.1, 0.15) is 17.2 Å². The van der Waals surface area contributed by atoms with Gasteiger partial charge in [0.25, 0.3) is 5.91 Å². The number of fused-ring (bicyclic) bond motifs is 2. The Morgan fingerprint density at radius 2 is 1.52 bits per heavy atom. The van der Waals surface area contributed by atoms with Gasteiger partial charge in [-0.2, -0.15) is 0 Å². The van der Waals surface area contributed by atoms with Crippen molar-refractivity contribution >= 4 is 34.9 Å². The Hall–Kier alpha value is -4.33. The molecule has 0 saturated heterocycles. The number of hydrogen-bond donors (Lipinski definition) is 2. The van der Waals surface area contributed by atoms with E-state index in [1.165, 1.54) is 42.0 Å². The number of allylic oxidation sites excluding steroid dienone is 5. The highest BCUT2D eigenvalue weighted by atomic mass is 16.5. The first-order chi connectivity index (χ1) is 19.0. The third-order valence-electron chi connectivity index (χ3n) is 6.37. The number of phenols is 1. The van der Waals surface area contributed by atoms with Crippen molar-refractivity contribution in [2.24, 2.45) is 0 Å². The summed E-state index contributed by atoms with van der Waals surface area (Å²) in [6, 6.07) is 7.64. The maximum atomic E-state index is 13.9. The maximum absolute atomic E-state index is 13.9. The number of para-hydroxylation sites is 1. The van der Waals surface area contributed by atoms with E-state index in [2.05, 4.69) is 38.2 Å². The number of carbonyl (C=O) groups is 3. The maximum Gasteiger partial charge on any atom is 0.308 e. The number of carbonyl (C=O) groups excluding carboxylic acids is 3. The van der Waals surface area contributed by atoms with Crippen molar-refractivity contribution in [1.29, 1.82) is 0 Å². The molecule has 1 aliphatic heterocycles. The molecule has 1 amide bonds. The molecule has 0 aromatic heterocycles. The van der Waals surface area contributed by atoms with Crippen LogP contribution >= 0.6 is 0 Å². The predicted molar refractivity (Wildman–Crippen MR) is 158 cm³/mol. The first-order valence-electron chi connectivity index (χ1n) is 13.4. The average Bonchev–Trinajstić information content (AvgIpc) is 2.97. The lowest BCUT2D eigenvalue weighted by atomic mass is 10.1. The van der Waals surface area contributed by atoms with Gasteiger partial charge in [0.2, 0.25) is 0 Å². The summed E-state index contributed by atoms with van der Waals surface area (Å²) in [5.41, 5.74) is 4.86. The topological polar surface area (TPSA) is 105 Å². The van der Waals surface area contributed by atoms with Crippen LogP contribution in [0, 0.1) is 0 Å². The molecular formula is C32H38N2O6. The molecule has 0 bridgehead atoms. The molecule has 8 heteroatoms. The third kappa shape index (κ3) is 8.09. The fourth-order valence-electron chi connectivity index (χ4n) is 4.38. The molecule has 0 aliphatic carbocycles. The summed E-state index contributed by atoms with van der Waals surface area (Å²) in [7, 11) is 0. The van der Waals surface area contributed by atoms with E-state index in [0.29, 0.717) is 5.69 Å². The Bertz CT molecular complexity index is 1380. The molecule has 2 N–H and O–H groups in total.